The number of anilines is 1. The molecule has 0 unspecified atom stereocenters. The van der Waals surface area contributed by atoms with Crippen LogP contribution in [0.3, 0.4) is 0 Å². The van der Waals surface area contributed by atoms with Crippen LogP contribution in [0.4, 0.5) is 5.69 Å². The number of nitrogens with zero attached hydrogens (tertiary/aromatic N) is 4. The molecule has 3 N–H and O–H groups in total. The number of H-pyrrole nitrogens is 1. The van der Waals surface area contributed by atoms with Crippen LogP contribution in [0, 0.1) is 0 Å². The minimum Gasteiger partial charge on any atom is -0.505 e. The number of fused-ring (bicyclic) bond motifs is 1. The van der Waals surface area contributed by atoms with Crippen LogP contribution in [-0.4, -0.2) is 75.1 Å². The zero-order valence-corrected chi connectivity index (χ0v) is 27.4. The van der Waals surface area contributed by atoms with Crippen molar-refractivity contribution in [3.8, 4) is 34.0 Å². The summed E-state index contributed by atoms with van der Waals surface area (Å²) in [7, 11) is 3.83. The number of carbonyl (C=O) groups excluding carboxylic acids is 1. The van der Waals surface area contributed by atoms with Gasteiger partial charge in [0.25, 0.3) is 0 Å². The molecule has 1 aliphatic carbocycles. The van der Waals surface area contributed by atoms with E-state index >= 15 is 0 Å². The van der Waals surface area contributed by atoms with Gasteiger partial charge in [0.2, 0.25) is 0 Å². The molecule has 9 heteroatoms. The Hall–Kier alpha value is -4.60. The summed E-state index contributed by atoms with van der Waals surface area (Å²) in [4.78, 5) is 19.5. The fourth-order valence-corrected chi connectivity index (χ4v) is 6.62. The van der Waals surface area contributed by atoms with Crippen LogP contribution in [0.5, 0.6) is 11.5 Å². The lowest BCUT2D eigenvalue weighted by molar-refractivity contribution is -0.00730. The molecule has 0 atom stereocenters. The number of rotatable bonds is 11. The second kappa shape index (κ2) is 12.5. The first-order valence-corrected chi connectivity index (χ1v) is 16.5. The number of benzene rings is 3. The van der Waals surface area contributed by atoms with Gasteiger partial charge in [-0.05, 0) is 85.5 Å². The first-order chi connectivity index (χ1) is 22.7. The first-order valence-electron chi connectivity index (χ1n) is 16.5. The predicted molar refractivity (Wildman–Crippen MR) is 185 cm³/mol. The fourth-order valence-electron chi connectivity index (χ4n) is 6.62. The lowest BCUT2D eigenvalue weighted by atomic mass is 9.93. The Kier molecular flexibility index (Phi) is 8.28. The maximum absolute atomic E-state index is 11.6. The van der Waals surface area contributed by atoms with Crippen LogP contribution in [0.15, 0.2) is 66.7 Å². The number of hydrogen-bond acceptors (Lipinski definition) is 7. The quantitative estimate of drug-likeness (QED) is 0.143. The van der Waals surface area contributed by atoms with Gasteiger partial charge in [0.05, 0.1) is 23.4 Å². The summed E-state index contributed by atoms with van der Waals surface area (Å²) in [5.41, 5.74) is 7.47. The van der Waals surface area contributed by atoms with Gasteiger partial charge < -0.3 is 24.8 Å². The number of aldehydes is 1. The number of hydrogen-bond donors (Lipinski definition) is 3. The summed E-state index contributed by atoms with van der Waals surface area (Å²) in [6.45, 7) is 5.49. The molecule has 3 heterocycles. The SMILES string of the molecule is CN(CCOc1cc(C2CC2)ccc1C=O)c1cccc(-c2nn(C)c3[nH]c(-c4ccc(CN5CCC(C)(O)CC5)cc4)cc23)c1O. The number of piperidine rings is 1. The molecular formula is C38H43N5O4. The molecule has 3 aromatic carbocycles. The maximum Gasteiger partial charge on any atom is 0.153 e. The monoisotopic (exact) mass is 633 g/mol. The summed E-state index contributed by atoms with van der Waals surface area (Å²) < 4.78 is 7.88. The van der Waals surface area contributed by atoms with Gasteiger partial charge in [-0.15, -0.1) is 0 Å². The zero-order chi connectivity index (χ0) is 32.7. The predicted octanol–water partition coefficient (Wildman–Crippen LogP) is 6.49. The summed E-state index contributed by atoms with van der Waals surface area (Å²) in [6.07, 6.45) is 4.81. The van der Waals surface area contributed by atoms with E-state index in [0.717, 1.165) is 61.1 Å². The molecule has 1 saturated heterocycles. The Morgan fingerprint density at radius 2 is 1.85 bits per heavy atom. The molecule has 2 aromatic heterocycles. The van der Waals surface area contributed by atoms with Crippen LogP contribution in [0.25, 0.3) is 33.5 Å². The van der Waals surface area contributed by atoms with Crippen LogP contribution in [-0.2, 0) is 13.6 Å². The minimum absolute atomic E-state index is 0.158. The van der Waals surface area contributed by atoms with Gasteiger partial charge in [-0.3, -0.25) is 14.4 Å². The van der Waals surface area contributed by atoms with E-state index in [1.807, 2.05) is 67.0 Å². The van der Waals surface area contributed by atoms with Crippen molar-refractivity contribution in [2.45, 2.75) is 50.7 Å². The Morgan fingerprint density at radius 1 is 1.09 bits per heavy atom. The number of ether oxygens (including phenoxy) is 1. The Bertz CT molecular complexity index is 1890. The summed E-state index contributed by atoms with van der Waals surface area (Å²) in [5, 5.41) is 27.5. The van der Waals surface area contributed by atoms with Crippen LogP contribution in [0.2, 0.25) is 0 Å². The molecule has 0 amide bonds. The van der Waals surface area contributed by atoms with Crippen LogP contribution in [0.1, 0.15) is 60.0 Å². The number of nitrogens with one attached hydrogen (secondary N) is 1. The van der Waals surface area contributed by atoms with Gasteiger partial charge >= 0.3 is 0 Å². The highest BCUT2D eigenvalue weighted by molar-refractivity contribution is 5.97. The minimum atomic E-state index is -0.544. The first kappa shape index (κ1) is 31.0. The van der Waals surface area contributed by atoms with E-state index in [9.17, 15) is 15.0 Å². The van der Waals surface area contributed by atoms with Gasteiger partial charge in [0, 0.05) is 50.4 Å². The van der Waals surface area contributed by atoms with E-state index in [-0.39, 0.29) is 5.75 Å². The van der Waals surface area contributed by atoms with Gasteiger partial charge in [-0.25, -0.2) is 0 Å². The number of aromatic amines is 1. The van der Waals surface area contributed by atoms with E-state index < -0.39 is 5.60 Å². The topological polar surface area (TPSA) is 107 Å². The lowest BCUT2D eigenvalue weighted by Crippen LogP contribution is -2.41. The van der Waals surface area contributed by atoms with Gasteiger partial charge in [-0.2, -0.15) is 5.10 Å². The summed E-state index contributed by atoms with van der Waals surface area (Å²) in [5.74, 6) is 1.35. The normalized spacial score (nSPS) is 16.4. The molecule has 0 bridgehead atoms. The van der Waals surface area contributed by atoms with Crippen molar-refractivity contribution in [1.82, 2.24) is 19.7 Å². The molecule has 7 rings (SSSR count). The van der Waals surface area contributed by atoms with Crippen molar-refractivity contribution < 1.29 is 19.7 Å². The number of aliphatic hydroxyl groups is 1. The van der Waals surface area contributed by atoms with E-state index in [4.69, 9.17) is 9.84 Å². The second-order valence-electron chi connectivity index (χ2n) is 13.5. The Labute approximate surface area is 275 Å². The maximum atomic E-state index is 11.6. The number of para-hydroxylation sites is 1. The van der Waals surface area contributed by atoms with Crippen molar-refractivity contribution in [3.05, 3.63) is 83.4 Å². The van der Waals surface area contributed by atoms with Crippen molar-refractivity contribution in [1.29, 1.82) is 0 Å². The van der Waals surface area contributed by atoms with Crippen LogP contribution < -0.4 is 9.64 Å². The lowest BCUT2D eigenvalue weighted by Gasteiger charge is -2.35. The Morgan fingerprint density at radius 3 is 2.57 bits per heavy atom. The Balaban J connectivity index is 1.06. The van der Waals surface area contributed by atoms with Crippen molar-refractivity contribution >= 4 is 23.0 Å². The molecule has 5 aromatic rings. The van der Waals surface area contributed by atoms with Gasteiger partial charge in [0.1, 0.15) is 29.4 Å². The highest BCUT2D eigenvalue weighted by atomic mass is 16.5. The third kappa shape index (κ3) is 6.50. The van der Waals surface area contributed by atoms with Crippen molar-refractivity contribution in [2.75, 3.05) is 38.2 Å². The second-order valence-corrected chi connectivity index (χ2v) is 13.5. The number of likely N-dealkylation sites (tertiary alicyclic amines) is 1. The molecule has 2 aliphatic rings. The highest BCUT2D eigenvalue weighted by Crippen LogP contribution is 2.42. The molecule has 47 heavy (non-hydrogen) atoms. The average Bonchev–Trinajstić information content (AvgIpc) is 3.75. The molecule has 0 spiro atoms. The molecule has 0 radical (unpaired) electrons. The molecular weight excluding hydrogens is 590 g/mol. The van der Waals surface area contributed by atoms with Crippen molar-refractivity contribution in [2.24, 2.45) is 7.05 Å². The smallest absolute Gasteiger partial charge is 0.153 e. The number of aromatic hydroxyl groups is 1. The van der Waals surface area contributed by atoms with Crippen molar-refractivity contribution in [3.63, 3.8) is 0 Å². The fraction of sp³-hybridized carbons (Fsp3) is 0.368. The average molecular weight is 634 g/mol. The van der Waals surface area contributed by atoms with E-state index in [1.165, 1.54) is 24.0 Å². The number of phenols is 1. The number of likely N-dealkylation sites (N-methyl/N-ethyl adjacent to an activating group) is 1. The van der Waals surface area contributed by atoms with Gasteiger partial charge in [0.15, 0.2) is 6.29 Å². The zero-order valence-electron chi connectivity index (χ0n) is 27.4. The van der Waals surface area contributed by atoms with E-state index in [1.54, 1.807) is 0 Å². The van der Waals surface area contributed by atoms with Gasteiger partial charge in [-0.1, -0.05) is 36.4 Å². The standard InChI is InChI=1S/C38H43N5O4/c1-38(46)15-17-43(18-16-38)23-25-7-9-27(10-8-25)32-22-31-35(40-42(3)37(31)39-32)30-5-4-6-33(36(30)45)41(2)19-20-47-34-21-28(26-11-12-26)13-14-29(34)24-44/h4-10,13-14,21-22,24,26,39,45-46H,11-12,15-20,23H2,1-3H3. The summed E-state index contributed by atoms with van der Waals surface area (Å²) in [6, 6.07) is 22.3. The molecule has 1 aliphatic heterocycles. The molecule has 2 fully saturated rings. The van der Waals surface area contributed by atoms with E-state index in [0.29, 0.717) is 47.3 Å². The van der Waals surface area contributed by atoms with E-state index in [2.05, 4.69) is 40.2 Å². The number of aromatic nitrogens is 3. The third-order valence-electron chi connectivity index (χ3n) is 9.81. The molecule has 1 saturated carbocycles. The molecule has 9 nitrogen and oxygen atoms in total. The summed E-state index contributed by atoms with van der Waals surface area (Å²) >= 11 is 0. The largest absolute Gasteiger partial charge is 0.505 e. The van der Waals surface area contributed by atoms with Crippen LogP contribution >= 0.6 is 0 Å². The number of aryl methyl sites for hydroxylation is 1. The number of carbonyl (C=O) groups is 1. The number of phenolic OH excluding ortho intramolecular Hbond substituents is 1. The molecule has 244 valence electrons. The highest BCUT2D eigenvalue weighted by Gasteiger charge is 2.27. The third-order valence-corrected chi connectivity index (χ3v) is 9.81.